The molecular formula is C22H23N7O7. The lowest BCUT2D eigenvalue weighted by Gasteiger charge is -2.03. The van der Waals surface area contributed by atoms with Gasteiger partial charge in [-0.1, -0.05) is 0 Å². The fourth-order valence-corrected chi connectivity index (χ4v) is 3.29. The summed E-state index contributed by atoms with van der Waals surface area (Å²) in [5.74, 6) is -2.93. The Bertz CT molecular complexity index is 1390. The number of esters is 1. The van der Waals surface area contributed by atoms with E-state index in [4.69, 9.17) is 4.74 Å². The van der Waals surface area contributed by atoms with Crippen LogP contribution in [0.25, 0.3) is 0 Å². The Balaban J connectivity index is 1.70. The molecule has 3 aromatic heterocycles. The molecule has 0 atom stereocenters. The molecule has 0 aromatic carbocycles. The molecule has 14 heteroatoms. The summed E-state index contributed by atoms with van der Waals surface area (Å²) in [6.45, 7) is 1.84. The number of ether oxygens (including phenoxy) is 1. The third-order valence-electron chi connectivity index (χ3n) is 4.92. The highest BCUT2D eigenvalue weighted by molar-refractivity contribution is 6.09. The van der Waals surface area contributed by atoms with E-state index < -0.39 is 34.3 Å². The molecule has 3 rings (SSSR count). The van der Waals surface area contributed by atoms with Gasteiger partial charge in [-0.05, 0) is 35.0 Å². The van der Waals surface area contributed by atoms with Gasteiger partial charge in [0.05, 0.1) is 23.7 Å². The normalized spacial score (nSPS) is 10.9. The largest absolute Gasteiger partial charge is 0.463 e. The highest BCUT2D eigenvalue weighted by Gasteiger charge is 2.24. The standard InChI is InChI=1S/C22H23N7O7/c1-5-36-19(31)7-6-17(30)15-8-13(10-26(15)2)23-21(32)16-9-14(11-27(16)3)24-22(33)20-25-18(29(34)35)12-28(20)4/h6-12H,5H2,1-4H3,(H,23,32)(H,24,33). The van der Waals surface area contributed by atoms with Crippen LogP contribution in [-0.4, -0.2) is 53.8 Å². The van der Waals surface area contributed by atoms with E-state index in [2.05, 4.69) is 15.6 Å². The predicted molar refractivity (Wildman–Crippen MR) is 127 cm³/mol. The van der Waals surface area contributed by atoms with Gasteiger partial charge in [0.2, 0.25) is 5.78 Å². The van der Waals surface area contributed by atoms with Crippen LogP contribution in [0.2, 0.25) is 0 Å². The number of carbonyl (C=O) groups is 4. The van der Waals surface area contributed by atoms with E-state index in [1.165, 1.54) is 45.3 Å². The number of carbonyl (C=O) groups excluding carboxylic acids is 4. The molecule has 3 aromatic rings. The van der Waals surface area contributed by atoms with Crippen LogP contribution in [0.15, 0.2) is 42.9 Å². The number of nitro groups is 1. The maximum Gasteiger partial charge on any atom is 0.382 e. The van der Waals surface area contributed by atoms with E-state index >= 15 is 0 Å². The molecule has 0 saturated heterocycles. The number of anilines is 2. The fraction of sp³-hybridized carbons (Fsp3) is 0.227. The Morgan fingerprint density at radius 3 is 2.11 bits per heavy atom. The zero-order valence-electron chi connectivity index (χ0n) is 19.8. The van der Waals surface area contributed by atoms with E-state index in [0.717, 1.165) is 18.3 Å². The molecule has 0 bridgehead atoms. The van der Waals surface area contributed by atoms with Crippen molar-refractivity contribution >= 4 is 40.8 Å². The van der Waals surface area contributed by atoms with Crippen LogP contribution in [0.4, 0.5) is 17.2 Å². The lowest BCUT2D eigenvalue weighted by molar-refractivity contribution is -0.389. The number of aromatic nitrogens is 4. The van der Waals surface area contributed by atoms with Crippen molar-refractivity contribution in [2.75, 3.05) is 17.2 Å². The fourth-order valence-electron chi connectivity index (χ4n) is 3.29. The van der Waals surface area contributed by atoms with Crippen molar-refractivity contribution in [1.29, 1.82) is 0 Å². The number of ketones is 1. The molecule has 0 saturated carbocycles. The van der Waals surface area contributed by atoms with Crippen molar-refractivity contribution in [3.63, 3.8) is 0 Å². The number of nitrogens with zero attached hydrogens (tertiary/aromatic N) is 5. The van der Waals surface area contributed by atoms with Gasteiger partial charge in [0, 0.05) is 39.6 Å². The van der Waals surface area contributed by atoms with Crippen LogP contribution in [0, 0.1) is 10.1 Å². The Morgan fingerprint density at radius 1 is 0.944 bits per heavy atom. The van der Waals surface area contributed by atoms with Gasteiger partial charge >= 0.3 is 23.5 Å². The minimum absolute atomic E-state index is 0.171. The van der Waals surface area contributed by atoms with Gasteiger partial charge in [0.1, 0.15) is 11.9 Å². The van der Waals surface area contributed by atoms with Crippen molar-refractivity contribution in [3.8, 4) is 0 Å². The van der Waals surface area contributed by atoms with Crippen molar-refractivity contribution < 1.29 is 28.8 Å². The first kappa shape index (κ1) is 25.6. The number of imidazole rings is 1. The number of nitrogens with one attached hydrogen (secondary N) is 2. The quantitative estimate of drug-likeness (QED) is 0.148. The minimum atomic E-state index is -0.707. The number of amides is 2. The summed E-state index contributed by atoms with van der Waals surface area (Å²) in [7, 11) is 4.65. The summed E-state index contributed by atoms with van der Waals surface area (Å²) >= 11 is 0. The molecular weight excluding hydrogens is 474 g/mol. The SMILES string of the molecule is CCOC(=O)C=CC(=O)c1cc(NC(=O)c2cc(NC(=O)c3nc([N+](=O)[O-])cn3C)cn2C)cn1C. The monoisotopic (exact) mass is 497 g/mol. The highest BCUT2D eigenvalue weighted by atomic mass is 16.6. The Labute approximate surface area is 204 Å². The Kier molecular flexibility index (Phi) is 7.47. The predicted octanol–water partition coefficient (Wildman–Crippen LogP) is 1.81. The third-order valence-corrected chi connectivity index (χ3v) is 4.92. The summed E-state index contributed by atoms with van der Waals surface area (Å²) in [6, 6.07) is 2.87. The first-order valence-electron chi connectivity index (χ1n) is 10.5. The lowest BCUT2D eigenvalue weighted by atomic mass is 10.2. The molecule has 0 aliphatic rings. The molecule has 3 heterocycles. The van der Waals surface area contributed by atoms with Crippen LogP contribution >= 0.6 is 0 Å². The smallest absolute Gasteiger partial charge is 0.382 e. The van der Waals surface area contributed by atoms with Crippen LogP contribution < -0.4 is 10.6 Å². The molecule has 36 heavy (non-hydrogen) atoms. The molecule has 0 fully saturated rings. The maximum atomic E-state index is 12.8. The average molecular weight is 497 g/mol. The van der Waals surface area contributed by atoms with Gasteiger partial charge in [0.15, 0.2) is 0 Å². The summed E-state index contributed by atoms with van der Waals surface area (Å²) in [6.07, 6.45) is 6.25. The van der Waals surface area contributed by atoms with Crippen molar-refractivity contribution in [3.05, 3.63) is 70.2 Å². The zero-order valence-corrected chi connectivity index (χ0v) is 19.8. The van der Waals surface area contributed by atoms with E-state index in [-0.39, 0.29) is 29.5 Å². The van der Waals surface area contributed by atoms with Crippen LogP contribution in [0.1, 0.15) is 38.5 Å². The minimum Gasteiger partial charge on any atom is -0.463 e. The molecule has 0 radical (unpaired) electrons. The van der Waals surface area contributed by atoms with Crippen molar-refractivity contribution in [2.24, 2.45) is 21.1 Å². The first-order chi connectivity index (χ1) is 17.0. The summed E-state index contributed by atoms with van der Waals surface area (Å²) in [4.78, 5) is 62.9. The van der Waals surface area contributed by atoms with Crippen LogP contribution in [0.3, 0.4) is 0 Å². The van der Waals surface area contributed by atoms with Gasteiger partial charge in [-0.3, -0.25) is 14.4 Å². The molecule has 14 nitrogen and oxygen atoms in total. The Hall–Kier alpha value is -5.01. The van der Waals surface area contributed by atoms with Gasteiger partial charge in [-0.15, -0.1) is 0 Å². The van der Waals surface area contributed by atoms with E-state index in [9.17, 15) is 29.3 Å². The second-order valence-corrected chi connectivity index (χ2v) is 7.60. The highest BCUT2D eigenvalue weighted by Crippen LogP contribution is 2.19. The molecule has 0 aliphatic carbocycles. The molecule has 2 N–H and O–H groups in total. The average Bonchev–Trinajstić information content (AvgIpc) is 3.48. The number of hydrogen-bond donors (Lipinski definition) is 2. The van der Waals surface area contributed by atoms with E-state index in [0.29, 0.717) is 5.69 Å². The summed E-state index contributed by atoms with van der Waals surface area (Å²) in [5.41, 5.74) is 1.03. The topological polar surface area (TPSA) is 172 Å². The summed E-state index contributed by atoms with van der Waals surface area (Å²) in [5, 5.41) is 16.1. The van der Waals surface area contributed by atoms with Gasteiger partial charge < -0.3 is 39.2 Å². The third kappa shape index (κ3) is 5.72. The van der Waals surface area contributed by atoms with Crippen molar-refractivity contribution in [1.82, 2.24) is 18.7 Å². The lowest BCUT2D eigenvalue weighted by Crippen LogP contribution is -2.16. The number of hydrogen-bond acceptors (Lipinski definition) is 8. The molecule has 0 spiro atoms. The molecule has 188 valence electrons. The van der Waals surface area contributed by atoms with E-state index in [1.54, 1.807) is 21.0 Å². The molecule has 2 amide bonds. The van der Waals surface area contributed by atoms with Crippen LogP contribution in [-0.2, 0) is 30.7 Å². The van der Waals surface area contributed by atoms with Gasteiger partial charge in [-0.25, -0.2) is 4.79 Å². The molecule has 0 unspecified atom stereocenters. The Morgan fingerprint density at radius 2 is 1.53 bits per heavy atom. The number of aryl methyl sites for hydroxylation is 3. The number of rotatable bonds is 9. The zero-order chi connectivity index (χ0) is 26.6. The van der Waals surface area contributed by atoms with Gasteiger partial charge in [-0.2, -0.15) is 0 Å². The van der Waals surface area contributed by atoms with E-state index in [1.807, 2.05) is 0 Å². The maximum absolute atomic E-state index is 12.8. The van der Waals surface area contributed by atoms with Crippen molar-refractivity contribution in [2.45, 2.75) is 6.92 Å². The first-order valence-corrected chi connectivity index (χ1v) is 10.5. The van der Waals surface area contributed by atoms with Gasteiger partial charge in [0.25, 0.3) is 5.91 Å². The second-order valence-electron chi connectivity index (χ2n) is 7.60. The molecule has 0 aliphatic heterocycles. The summed E-state index contributed by atoms with van der Waals surface area (Å²) < 4.78 is 8.94. The van der Waals surface area contributed by atoms with Crippen LogP contribution in [0.5, 0.6) is 0 Å². The number of allylic oxidation sites excluding steroid dienone is 1. The second kappa shape index (κ2) is 10.5.